The van der Waals surface area contributed by atoms with Crippen molar-refractivity contribution in [3.05, 3.63) is 39.4 Å². The first-order chi connectivity index (χ1) is 11.1. The average molecular weight is 378 g/mol. The summed E-state index contributed by atoms with van der Waals surface area (Å²) in [7, 11) is 0. The van der Waals surface area contributed by atoms with Crippen molar-refractivity contribution in [1.29, 1.82) is 0 Å². The van der Waals surface area contributed by atoms with E-state index in [9.17, 15) is 9.59 Å². The number of hydrogen-bond acceptors (Lipinski definition) is 3. The zero-order chi connectivity index (χ0) is 16.4. The molecule has 0 unspecified atom stereocenters. The highest BCUT2D eigenvalue weighted by Gasteiger charge is 2.25. The summed E-state index contributed by atoms with van der Waals surface area (Å²) in [4.78, 5) is 31.4. The Balaban J connectivity index is 1.87. The summed E-state index contributed by atoms with van der Waals surface area (Å²) in [5, 5.41) is 0.528. The predicted molar refractivity (Wildman–Crippen MR) is 93.3 cm³/mol. The highest BCUT2D eigenvalue weighted by Crippen LogP contribution is 2.20. The number of carbonyl (C=O) groups is 1. The molecule has 23 heavy (non-hydrogen) atoms. The Hall–Kier alpha value is -1.69. The topological polar surface area (TPSA) is 55.2 Å². The summed E-state index contributed by atoms with van der Waals surface area (Å²) in [5.74, 6) is 0.00907. The normalized spacial score (nSPS) is 18.3. The molecule has 0 saturated carbocycles. The fraction of sp³-hybridized carbons (Fsp3) is 0.471. The molecule has 1 aromatic carbocycles. The zero-order valence-electron chi connectivity index (χ0n) is 13.2. The van der Waals surface area contributed by atoms with Crippen molar-refractivity contribution < 1.29 is 4.79 Å². The molecule has 1 amide bonds. The van der Waals surface area contributed by atoms with E-state index in [0.29, 0.717) is 16.9 Å². The van der Waals surface area contributed by atoms with Crippen molar-refractivity contribution in [3.63, 3.8) is 0 Å². The largest absolute Gasteiger partial charge is 0.338 e. The van der Waals surface area contributed by atoms with Crippen molar-refractivity contribution in [2.45, 2.75) is 45.2 Å². The van der Waals surface area contributed by atoms with Crippen LogP contribution in [-0.4, -0.2) is 32.9 Å². The van der Waals surface area contributed by atoms with Gasteiger partial charge in [-0.15, -0.1) is 0 Å². The average Bonchev–Trinajstić information content (AvgIpc) is 2.57. The van der Waals surface area contributed by atoms with Crippen molar-refractivity contribution >= 4 is 32.7 Å². The molecule has 1 aliphatic rings. The van der Waals surface area contributed by atoms with E-state index in [1.54, 1.807) is 12.1 Å². The molecule has 1 saturated heterocycles. The maximum Gasteiger partial charge on any atom is 0.261 e. The highest BCUT2D eigenvalue weighted by atomic mass is 79.9. The van der Waals surface area contributed by atoms with Gasteiger partial charge in [0.15, 0.2) is 0 Å². The van der Waals surface area contributed by atoms with E-state index >= 15 is 0 Å². The fourth-order valence-corrected chi connectivity index (χ4v) is 3.59. The molecule has 0 spiro atoms. The molecular weight excluding hydrogens is 358 g/mol. The number of nitrogens with zero attached hydrogens (tertiary/aromatic N) is 3. The first-order valence-corrected chi connectivity index (χ1v) is 8.83. The number of fused-ring (bicyclic) bond motifs is 1. The maximum absolute atomic E-state index is 12.6. The van der Waals surface area contributed by atoms with Gasteiger partial charge in [0, 0.05) is 17.1 Å². The zero-order valence-corrected chi connectivity index (χ0v) is 14.8. The third-order valence-corrected chi connectivity index (χ3v) is 5.00. The molecule has 2 aromatic rings. The van der Waals surface area contributed by atoms with Crippen LogP contribution >= 0.6 is 15.9 Å². The maximum atomic E-state index is 12.6. The van der Waals surface area contributed by atoms with E-state index in [2.05, 4.69) is 27.8 Å². The standard InChI is InChI=1S/C17H20BrN3O2/c1-2-13-5-3-4-8-21(13)16(22)10-20-11-19-15-7-6-12(18)9-14(15)17(20)23/h6-7,9,11,13H,2-5,8,10H2,1H3/t13-/m0/s1. The Morgan fingerprint density at radius 3 is 3.00 bits per heavy atom. The molecule has 1 atom stereocenters. The Morgan fingerprint density at radius 1 is 1.39 bits per heavy atom. The van der Waals surface area contributed by atoms with Crippen LogP contribution in [0.25, 0.3) is 10.9 Å². The molecule has 1 aromatic heterocycles. The van der Waals surface area contributed by atoms with Gasteiger partial charge in [-0.3, -0.25) is 14.2 Å². The summed E-state index contributed by atoms with van der Waals surface area (Å²) in [6.45, 7) is 2.96. The lowest BCUT2D eigenvalue weighted by Gasteiger charge is -2.35. The van der Waals surface area contributed by atoms with Crippen LogP contribution in [0.15, 0.2) is 33.8 Å². The first kappa shape index (κ1) is 16.2. The monoisotopic (exact) mass is 377 g/mol. The van der Waals surface area contributed by atoms with E-state index in [1.807, 2.05) is 11.0 Å². The minimum Gasteiger partial charge on any atom is -0.338 e. The van der Waals surface area contributed by atoms with Crippen LogP contribution < -0.4 is 5.56 Å². The van der Waals surface area contributed by atoms with Crippen molar-refractivity contribution in [2.24, 2.45) is 0 Å². The molecule has 122 valence electrons. The molecule has 0 aliphatic carbocycles. The summed E-state index contributed by atoms with van der Waals surface area (Å²) < 4.78 is 2.24. The van der Waals surface area contributed by atoms with E-state index in [-0.39, 0.29) is 18.0 Å². The van der Waals surface area contributed by atoms with Gasteiger partial charge >= 0.3 is 0 Å². The minimum absolute atomic E-state index is 0.00907. The van der Waals surface area contributed by atoms with Crippen LogP contribution in [0.2, 0.25) is 0 Å². The van der Waals surface area contributed by atoms with Crippen LogP contribution in [-0.2, 0) is 11.3 Å². The molecule has 0 bridgehead atoms. The molecule has 0 radical (unpaired) electrons. The second-order valence-corrected chi connectivity index (χ2v) is 6.90. The van der Waals surface area contributed by atoms with Crippen LogP contribution in [0.4, 0.5) is 0 Å². The van der Waals surface area contributed by atoms with E-state index in [1.165, 1.54) is 17.3 Å². The van der Waals surface area contributed by atoms with Crippen LogP contribution in [0.1, 0.15) is 32.6 Å². The summed E-state index contributed by atoms with van der Waals surface area (Å²) >= 11 is 3.37. The highest BCUT2D eigenvalue weighted by molar-refractivity contribution is 9.10. The number of benzene rings is 1. The SMILES string of the molecule is CC[C@H]1CCCCN1C(=O)Cn1cnc2ccc(Br)cc2c1=O. The summed E-state index contributed by atoms with van der Waals surface area (Å²) in [6, 6.07) is 5.70. The fourth-order valence-electron chi connectivity index (χ4n) is 3.23. The summed E-state index contributed by atoms with van der Waals surface area (Å²) in [5.41, 5.74) is 0.473. The number of aromatic nitrogens is 2. The van der Waals surface area contributed by atoms with Gasteiger partial charge in [-0.05, 0) is 43.9 Å². The Labute approximate surface area is 143 Å². The van der Waals surface area contributed by atoms with Gasteiger partial charge in [0.2, 0.25) is 5.91 Å². The molecular formula is C17H20BrN3O2. The Kier molecular flexibility index (Phi) is 4.80. The third-order valence-electron chi connectivity index (χ3n) is 4.51. The van der Waals surface area contributed by atoms with Crippen LogP contribution in [0.5, 0.6) is 0 Å². The van der Waals surface area contributed by atoms with Gasteiger partial charge in [-0.1, -0.05) is 22.9 Å². The lowest BCUT2D eigenvalue weighted by atomic mass is 10.00. The minimum atomic E-state index is -0.172. The van der Waals surface area contributed by atoms with Crippen molar-refractivity contribution in [1.82, 2.24) is 14.5 Å². The van der Waals surface area contributed by atoms with Crippen LogP contribution in [0, 0.1) is 0 Å². The smallest absolute Gasteiger partial charge is 0.261 e. The molecule has 1 fully saturated rings. The number of piperidine rings is 1. The van der Waals surface area contributed by atoms with E-state index in [0.717, 1.165) is 30.3 Å². The van der Waals surface area contributed by atoms with E-state index in [4.69, 9.17) is 0 Å². The molecule has 2 heterocycles. The number of likely N-dealkylation sites (tertiary alicyclic amines) is 1. The quantitative estimate of drug-likeness (QED) is 0.825. The second kappa shape index (κ2) is 6.83. The van der Waals surface area contributed by atoms with Crippen molar-refractivity contribution in [3.8, 4) is 0 Å². The van der Waals surface area contributed by atoms with Crippen LogP contribution in [0.3, 0.4) is 0 Å². The summed E-state index contributed by atoms with van der Waals surface area (Å²) in [6.07, 6.45) is 5.71. The van der Waals surface area contributed by atoms with Gasteiger partial charge in [0.05, 0.1) is 17.2 Å². The third kappa shape index (κ3) is 3.32. The van der Waals surface area contributed by atoms with Gasteiger partial charge in [-0.2, -0.15) is 0 Å². The second-order valence-electron chi connectivity index (χ2n) is 5.98. The molecule has 1 aliphatic heterocycles. The molecule has 5 nitrogen and oxygen atoms in total. The number of rotatable bonds is 3. The van der Waals surface area contributed by atoms with Gasteiger partial charge in [0.25, 0.3) is 5.56 Å². The lowest BCUT2D eigenvalue weighted by molar-refractivity contribution is -0.135. The van der Waals surface area contributed by atoms with Gasteiger partial charge in [-0.25, -0.2) is 4.98 Å². The Bertz CT molecular complexity index is 787. The first-order valence-electron chi connectivity index (χ1n) is 8.04. The van der Waals surface area contributed by atoms with Crippen molar-refractivity contribution in [2.75, 3.05) is 6.54 Å². The number of carbonyl (C=O) groups excluding carboxylic acids is 1. The number of amides is 1. The Morgan fingerprint density at radius 2 is 2.22 bits per heavy atom. The van der Waals surface area contributed by atoms with Gasteiger partial charge in [0.1, 0.15) is 6.54 Å². The van der Waals surface area contributed by atoms with Gasteiger partial charge < -0.3 is 4.90 Å². The number of hydrogen-bond donors (Lipinski definition) is 0. The molecule has 0 N–H and O–H groups in total. The number of halogens is 1. The molecule has 3 rings (SSSR count). The predicted octanol–water partition coefficient (Wildman–Crippen LogP) is 2.95. The lowest BCUT2D eigenvalue weighted by Crippen LogP contribution is -2.45. The molecule has 6 heteroatoms. The van der Waals surface area contributed by atoms with E-state index < -0.39 is 0 Å².